The Morgan fingerprint density at radius 1 is 1.44 bits per heavy atom. The Morgan fingerprint density at radius 2 is 2.06 bits per heavy atom. The van der Waals surface area contributed by atoms with Crippen molar-refractivity contribution < 1.29 is 9.50 Å². The van der Waals surface area contributed by atoms with Crippen LogP contribution in [-0.2, 0) is 6.54 Å². The van der Waals surface area contributed by atoms with Gasteiger partial charge in [0.25, 0.3) is 0 Å². The molecular weight excluding hydrogens is 273 g/mol. The fourth-order valence-electron chi connectivity index (χ4n) is 1.24. The van der Waals surface area contributed by atoms with E-state index in [2.05, 4.69) is 15.9 Å². The molecule has 0 saturated carbocycles. The first kappa shape index (κ1) is 13.6. The quantitative estimate of drug-likeness (QED) is 0.921. The monoisotopic (exact) mass is 289 g/mol. The van der Waals surface area contributed by atoms with E-state index >= 15 is 0 Å². The lowest BCUT2D eigenvalue weighted by Crippen LogP contribution is -2.43. The molecule has 2 nitrogen and oxygen atoms in total. The standard InChI is InChI=1S/C12H17BrFNO/c1-12(2,8-16)15(3)7-9-4-5-10(14)6-11(9)13/h4-6,16H,7-8H2,1-3H3. The van der Waals surface area contributed by atoms with Gasteiger partial charge in [-0.2, -0.15) is 0 Å². The van der Waals surface area contributed by atoms with Gasteiger partial charge in [0.1, 0.15) is 5.82 Å². The zero-order valence-corrected chi connectivity index (χ0v) is 11.4. The molecule has 4 heteroatoms. The molecule has 0 spiro atoms. The van der Waals surface area contributed by atoms with Crippen LogP contribution in [0.15, 0.2) is 22.7 Å². The minimum atomic E-state index is -0.284. The van der Waals surface area contributed by atoms with Crippen LogP contribution in [0, 0.1) is 5.82 Å². The third-order valence-electron chi connectivity index (χ3n) is 2.84. The minimum Gasteiger partial charge on any atom is -0.394 e. The molecule has 1 aromatic carbocycles. The van der Waals surface area contributed by atoms with Gasteiger partial charge in [-0.1, -0.05) is 22.0 Å². The normalized spacial score (nSPS) is 12.2. The highest BCUT2D eigenvalue weighted by molar-refractivity contribution is 9.10. The summed E-state index contributed by atoms with van der Waals surface area (Å²) in [5.41, 5.74) is 0.721. The first-order valence-corrected chi connectivity index (χ1v) is 5.92. The number of likely N-dealkylation sites (N-methyl/N-ethyl adjacent to an activating group) is 1. The Balaban J connectivity index is 2.81. The topological polar surface area (TPSA) is 23.5 Å². The maximum Gasteiger partial charge on any atom is 0.124 e. The van der Waals surface area contributed by atoms with Crippen LogP contribution in [0.4, 0.5) is 4.39 Å². The van der Waals surface area contributed by atoms with E-state index in [-0.39, 0.29) is 18.0 Å². The van der Waals surface area contributed by atoms with Crippen LogP contribution in [-0.4, -0.2) is 29.2 Å². The van der Waals surface area contributed by atoms with Crippen molar-refractivity contribution in [3.8, 4) is 0 Å². The van der Waals surface area contributed by atoms with Crippen molar-refractivity contribution in [1.29, 1.82) is 0 Å². The van der Waals surface area contributed by atoms with Crippen LogP contribution >= 0.6 is 15.9 Å². The van der Waals surface area contributed by atoms with Gasteiger partial charge >= 0.3 is 0 Å². The van der Waals surface area contributed by atoms with E-state index in [1.54, 1.807) is 6.07 Å². The molecule has 0 aromatic heterocycles. The van der Waals surface area contributed by atoms with Crippen molar-refractivity contribution in [1.82, 2.24) is 4.90 Å². The fraction of sp³-hybridized carbons (Fsp3) is 0.500. The lowest BCUT2D eigenvalue weighted by atomic mass is 10.0. The van der Waals surface area contributed by atoms with Crippen molar-refractivity contribution in [3.05, 3.63) is 34.1 Å². The smallest absolute Gasteiger partial charge is 0.124 e. The van der Waals surface area contributed by atoms with Gasteiger partial charge in [0, 0.05) is 16.6 Å². The molecule has 0 saturated heterocycles. The summed E-state index contributed by atoms with van der Waals surface area (Å²) in [5, 5.41) is 9.24. The Kier molecular flexibility index (Phi) is 4.47. The maximum atomic E-state index is 12.9. The molecule has 16 heavy (non-hydrogen) atoms. The lowest BCUT2D eigenvalue weighted by Gasteiger charge is -2.34. The molecule has 0 aliphatic carbocycles. The minimum absolute atomic E-state index is 0.0856. The van der Waals surface area contributed by atoms with Gasteiger partial charge in [0.2, 0.25) is 0 Å². The molecule has 0 aliphatic heterocycles. The average Bonchev–Trinajstić information content (AvgIpc) is 2.22. The third kappa shape index (κ3) is 3.27. The van der Waals surface area contributed by atoms with Crippen molar-refractivity contribution in [3.63, 3.8) is 0 Å². The molecule has 0 atom stereocenters. The summed E-state index contributed by atoms with van der Waals surface area (Å²) in [4.78, 5) is 2.03. The van der Waals surface area contributed by atoms with E-state index in [4.69, 9.17) is 0 Å². The molecule has 0 amide bonds. The summed E-state index contributed by atoms with van der Waals surface area (Å²) >= 11 is 3.34. The van der Waals surface area contributed by atoms with Gasteiger partial charge in [-0.15, -0.1) is 0 Å². The Morgan fingerprint density at radius 3 is 2.56 bits per heavy atom. The number of halogens is 2. The van der Waals surface area contributed by atoms with E-state index in [1.807, 2.05) is 25.8 Å². The summed E-state index contributed by atoms with van der Waals surface area (Å²) in [6.07, 6.45) is 0. The molecule has 1 rings (SSSR count). The van der Waals surface area contributed by atoms with Crippen LogP contribution in [0.3, 0.4) is 0 Å². The van der Waals surface area contributed by atoms with E-state index in [0.717, 1.165) is 10.0 Å². The SMILES string of the molecule is CN(Cc1ccc(F)cc1Br)C(C)(C)CO. The van der Waals surface area contributed by atoms with E-state index in [1.165, 1.54) is 12.1 Å². The number of aliphatic hydroxyl groups excluding tert-OH is 1. The highest BCUT2D eigenvalue weighted by Crippen LogP contribution is 2.22. The first-order chi connectivity index (χ1) is 7.36. The predicted octanol–water partition coefficient (Wildman–Crippen LogP) is 2.79. The Bertz CT molecular complexity index is 368. The fourth-order valence-corrected chi connectivity index (χ4v) is 1.72. The molecule has 90 valence electrons. The lowest BCUT2D eigenvalue weighted by molar-refractivity contribution is 0.0732. The number of hydrogen-bond acceptors (Lipinski definition) is 2. The van der Waals surface area contributed by atoms with Crippen LogP contribution in [0.5, 0.6) is 0 Å². The molecule has 1 aromatic rings. The molecule has 0 unspecified atom stereocenters. The van der Waals surface area contributed by atoms with Gasteiger partial charge in [0.15, 0.2) is 0 Å². The van der Waals surface area contributed by atoms with Crippen molar-refractivity contribution >= 4 is 15.9 Å². The summed E-state index contributed by atoms with van der Waals surface area (Å²) in [6, 6.07) is 4.65. The zero-order valence-electron chi connectivity index (χ0n) is 9.80. The van der Waals surface area contributed by atoms with Crippen molar-refractivity contribution in [2.24, 2.45) is 0 Å². The Hall–Kier alpha value is -0.450. The van der Waals surface area contributed by atoms with Gasteiger partial charge in [-0.3, -0.25) is 4.90 Å². The van der Waals surface area contributed by atoms with Crippen LogP contribution in [0.1, 0.15) is 19.4 Å². The molecule has 0 heterocycles. The zero-order chi connectivity index (χ0) is 12.3. The molecule has 0 bridgehead atoms. The van der Waals surface area contributed by atoms with E-state index in [0.29, 0.717) is 6.54 Å². The Labute approximate surface area is 104 Å². The summed E-state index contributed by atoms with van der Waals surface area (Å²) in [6.45, 7) is 4.67. The number of benzene rings is 1. The number of hydrogen-bond donors (Lipinski definition) is 1. The molecular formula is C12H17BrFNO. The first-order valence-electron chi connectivity index (χ1n) is 5.13. The van der Waals surface area contributed by atoms with Crippen LogP contribution in [0.25, 0.3) is 0 Å². The second kappa shape index (κ2) is 5.25. The van der Waals surface area contributed by atoms with Crippen molar-refractivity contribution in [2.45, 2.75) is 25.9 Å². The molecule has 1 N–H and O–H groups in total. The second-order valence-corrected chi connectivity index (χ2v) is 5.42. The van der Waals surface area contributed by atoms with Gasteiger partial charge in [0.05, 0.1) is 6.61 Å². The van der Waals surface area contributed by atoms with E-state index < -0.39 is 0 Å². The molecule has 0 aliphatic rings. The van der Waals surface area contributed by atoms with E-state index in [9.17, 15) is 9.50 Å². The highest BCUT2D eigenvalue weighted by Gasteiger charge is 2.22. The highest BCUT2D eigenvalue weighted by atomic mass is 79.9. The van der Waals surface area contributed by atoms with Crippen LogP contribution in [0.2, 0.25) is 0 Å². The van der Waals surface area contributed by atoms with Crippen LogP contribution < -0.4 is 0 Å². The average molecular weight is 290 g/mol. The number of nitrogens with zero attached hydrogens (tertiary/aromatic N) is 1. The third-order valence-corrected chi connectivity index (χ3v) is 3.58. The maximum absolute atomic E-state index is 12.9. The van der Waals surface area contributed by atoms with Gasteiger partial charge in [-0.25, -0.2) is 4.39 Å². The summed E-state index contributed by atoms with van der Waals surface area (Å²) in [7, 11) is 1.94. The van der Waals surface area contributed by atoms with Gasteiger partial charge < -0.3 is 5.11 Å². The summed E-state index contributed by atoms with van der Waals surface area (Å²) < 4.78 is 13.7. The summed E-state index contributed by atoms with van der Waals surface area (Å²) in [5.74, 6) is -0.250. The van der Waals surface area contributed by atoms with Gasteiger partial charge in [-0.05, 0) is 38.6 Å². The number of aliphatic hydroxyl groups is 1. The van der Waals surface area contributed by atoms with Crippen molar-refractivity contribution in [2.75, 3.05) is 13.7 Å². The largest absolute Gasteiger partial charge is 0.394 e. The molecule has 0 radical (unpaired) electrons. The molecule has 0 fully saturated rings. The predicted molar refractivity (Wildman–Crippen MR) is 66.7 cm³/mol. The second-order valence-electron chi connectivity index (χ2n) is 4.56. The number of rotatable bonds is 4.